The Morgan fingerprint density at radius 3 is 2.64 bits per heavy atom. The normalized spacial score (nSPS) is 16.1. The van der Waals surface area contributed by atoms with Crippen LogP contribution in [0.15, 0.2) is 54.7 Å². The second kappa shape index (κ2) is 8.97. The third-order valence-corrected chi connectivity index (χ3v) is 6.02. The van der Waals surface area contributed by atoms with Crippen molar-refractivity contribution in [1.82, 2.24) is 19.7 Å². The van der Waals surface area contributed by atoms with E-state index in [1.807, 2.05) is 53.2 Å². The Morgan fingerprint density at radius 1 is 1.03 bits per heavy atom. The van der Waals surface area contributed by atoms with Crippen LogP contribution in [-0.4, -0.2) is 47.1 Å². The van der Waals surface area contributed by atoms with Crippen LogP contribution in [0.5, 0.6) is 11.5 Å². The van der Waals surface area contributed by atoms with Gasteiger partial charge in [0.2, 0.25) is 5.95 Å². The summed E-state index contributed by atoms with van der Waals surface area (Å²) in [7, 11) is 3.30. The first-order chi connectivity index (χ1) is 16.2. The van der Waals surface area contributed by atoms with E-state index in [2.05, 4.69) is 22.2 Å². The van der Waals surface area contributed by atoms with Gasteiger partial charge in [0.15, 0.2) is 5.65 Å². The fraction of sp³-hybridized carbons (Fsp3) is 0.320. The molecule has 2 aromatic carbocycles. The molecular formula is C25H28N6O2. The standard InChI is InChI=1S/C25H28N6O2/c1-17-8-7-13-30(16-17)25-28-23(27-21-14-19(32-2)11-12-22(21)33-3)20-15-26-31(24(20)29-25)18-9-5-4-6-10-18/h4-6,9-12,14-15,17H,7-8,13,16H2,1-3H3,(H,27,28,29). The van der Waals surface area contributed by atoms with Crippen LogP contribution in [0.25, 0.3) is 16.7 Å². The Bertz CT molecular complexity index is 1260. The summed E-state index contributed by atoms with van der Waals surface area (Å²) < 4.78 is 12.9. The lowest BCUT2D eigenvalue weighted by Crippen LogP contribution is -2.35. The number of nitrogens with one attached hydrogen (secondary N) is 1. The van der Waals surface area contributed by atoms with Gasteiger partial charge in [-0.1, -0.05) is 25.1 Å². The fourth-order valence-electron chi connectivity index (χ4n) is 4.30. The number of rotatable bonds is 6. The summed E-state index contributed by atoms with van der Waals surface area (Å²) in [6.45, 7) is 4.16. The quantitative estimate of drug-likeness (QED) is 0.457. The lowest BCUT2D eigenvalue weighted by atomic mass is 10.0. The van der Waals surface area contributed by atoms with Gasteiger partial charge in [0.25, 0.3) is 0 Å². The highest BCUT2D eigenvalue weighted by molar-refractivity contribution is 5.91. The van der Waals surface area contributed by atoms with Gasteiger partial charge in [-0.25, -0.2) is 4.68 Å². The van der Waals surface area contributed by atoms with Crippen molar-refractivity contribution < 1.29 is 9.47 Å². The van der Waals surface area contributed by atoms with E-state index in [0.717, 1.165) is 47.7 Å². The van der Waals surface area contributed by atoms with E-state index < -0.39 is 0 Å². The van der Waals surface area contributed by atoms with Crippen molar-refractivity contribution >= 4 is 28.5 Å². The lowest BCUT2D eigenvalue weighted by Gasteiger charge is -2.31. The Morgan fingerprint density at radius 2 is 1.88 bits per heavy atom. The number of ether oxygens (including phenoxy) is 2. The molecule has 0 spiro atoms. The van der Waals surface area contributed by atoms with Crippen molar-refractivity contribution in [2.24, 2.45) is 5.92 Å². The number of anilines is 3. The zero-order chi connectivity index (χ0) is 22.8. The predicted molar refractivity (Wildman–Crippen MR) is 130 cm³/mol. The largest absolute Gasteiger partial charge is 0.497 e. The third kappa shape index (κ3) is 4.16. The summed E-state index contributed by atoms with van der Waals surface area (Å²) in [6.07, 6.45) is 4.17. The number of nitrogens with zero attached hydrogens (tertiary/aromatic N) is 5. The van der Waals surface area contributed by atoms with Gasteiger partial charge in [0, 0.05) is 19.2 Å². The molecule has 8 heteroatoms. The Labute approximate surface area is 193 Å². The van der Waals surface area contributed by atoms with Gasteiger partial charge in [-0.15, -0.1) is 0 Å². The van der Waals surface area contributed by atoms with Crippen LogP contribution in [0.1, 0.15) is 19.8 Å². The molecule has 1 atom stereocenters. The smallest absolute Gasteiger partial charge is 0.229 e. The molecule has 1 aliphatic rings. The zero-order valence-electron chi connectivity index (χ0n) is 19.2. The summed E-state index contributed by atoms with van der Waals surface area (Å²) in [4.78, 5) is 12.2. The van der Waals surface area contributed by atoms with Crippen molar-refractivity contribution in [3.63, 3.8) is 0 Å². The molecule has 1 unspecified atom stereocenters. The summed E-state index contributed by atoms with van der Waals surface area (Å²) in [5.41, 5.74) is 2.48. The van der Waals surface area contributed by atoms with E-state index in [4.69, 9.17) is 19.4 Å². The number of piperidine rings is 1. The van der Waals surface area contributed by atoms with Gasteiger partial charge < -0.3 is 19.7 Å². The van der Waals surface area contributed by atoms with E-state index in [9.17, 15) is 0 Å². The molecule has 0 amide bonds. The van der Waals surface area contributed by atoms with Crippen molar-refractivity contribution in [3.05, 3.63) is 54.7 Å². The summed E-state index contributed by atoms with van der Waals surface area (Å²) >= 11 is 0. The minimum Gasteiger partial charge on any atom is -0.497 e. The Balaban J connectivity index is 1.65. The number of benzene rings is 2. The minimum atomic E-state index is 0.604. The second-order valence-electron chi connectivity index (χ2n) is 8.39. The van der Waals surface area contributed by atoms with Crippen LogP contribution in [-0.2, 0) is 0 Å². The van der Waals surface area contributed by atoms with E-state index in [1.165, 1.54) is 6.42 Å². The molecule has 1 N–H and O–H groups in total. The first kappa shape index (κ1) is 21.1. The molecule has 5 rings (SSSR count). The van der Waals surface area contributed by atoms with Gasteiger partial charge in [0.05, 0.1) is 37.2 Å². The molecule has 8 nitrogen and oxygen atoms in total. The van der Waals surface area contributed by atoms with Crippen molar-refractivity contribution in [2.45, 2.75) is 19.8 Å². The lowest BCUT2D eigenvalue weighted by molar-refractivity contribution is 0.405. The van der Waals surface area contributed by atoms with Crippen LogP contribution < -0.4 is 19.7 Å². The molecule has 0 aliphatic carbocycles. The minimum absolute atomic E-state index is 0.604. The molecule has 33 heavy (non-hydrogen) atoms. The SMILES string of the molecule is COc1ccc(OC)c(Nc2nc(N3CCCC(C)C3)nc3c2cnn3-c2ccccc2)c1. The highest BCUT2D eigenvalue weighted by Crippen LogP contribution is 2.34. The van der Waals surface area contributed by atoms with Gasteiger partial charge >= 0.3 is 0 Å². The maximum absolute atomic E-state index is 5.57. The number of hydrogen-bond acceptors (Lipinski definition) is 7. The number of fused-ring (bicyclic) bond motifs is 1. The molecule has 1 aliphatic heterocycles. The van der Waals surface area contributed by atoms with Crippen LogP contribution in [0.2, 0.25) is 0 Å². The first-order valence-electron chi connectivity index (χ1n) is 11.2. The van der Waals surface area contributed by atoms with Gasteiger partial charge in [-0.05, 0) is 43.0 Å². The maximum atomic E-state index is 5.57. The number of methoxy groups -OCH3 is 2. The Hall–Kier alpha value is -3.81. The highest BCUT2D eigenvalue weighted by atomic mass is 16.5. The molecule has 0 bridgehead atoms. The molecule has 4 aromatic rings. The van der Waals surface area contributed by atoms with E-state index in [1.54, 1.807) is 20.4 Å². The molecular weight excluding hydrogens is 416 g/mol. The van der Waals surface area contributed by atoms with Gasteiger partial charge in [-0.2, -0.15) is 15.1 Å². The average molecular weight is 445 g/mol. The maximum Gasteiger partial charge on any atom is 0.229 e. The zero-order valence-corrected chi connectivity index (χ0v) is 19.2. The number of para-hydroxylation sites is 1. The van der Waals surface area contributed by atoms with Crippen LogP contribution in [0, 0.1) is 5.92 Å². The summed E-state index contributed by atoms with van der Waals surface area (Å²) in [5.74, 6) is 3.42. The van der Waals surface area contributed by atoms with E-state index in [0.29, 0.717) is 23.4 Å². The molecule has 3 heterocycles. The molecule has 2 aromatic heterocycles. The van der Waals surface area contributed by atoms with E-state index >= 15 is 0 Å². The monoisotopic (exact) mass is 444 g/mol. The first-order valence-corrected chi connectivity index (χ1v) is 11.2. The van der Waals surface area contributed by atoms with Crippen LogP contribution in [0.4, 0.5) is 17.5 Å². The topological polar surface area (TPSA) is 77.3 Å². The molecule has 1 fully saturated rings. The van der Waals surface area contributed by atoms with Crippen molar-refractivity contribution in [1.29, 1.82) is 0 Å². The number of aromatic nitrogens is 4. The van der Waals surface area contributed by atoms with Gasteiger partial charge in [-0.3, -0.25) is 0 Å². The second-order valence-corrected chi connectivity index (χ2v) is 8.39. The summed E-state index contributed by atoms with van der Waals surface area (Å²) in [5, 5.41) is 8.94. The molecule has 0 radical (unpaired) electrons. The highest BCUT2D eigenvalue weighted by Gasteiger charge is 2.22. The average Bonchev–Trinajstić information content (AvgIpc) is 3.29. The van der Waals surface area contributed by atoms with Crippen molar-refractivity contribution in [3.8, 4) is 17.2 Å². The summed E-state index contributed by atoms with van der Waals surface area (Å²) in [6, 6.07) is 15.7. The van der Waals surface area contributed by atoms with Crippen LogP contribution in [0.3, 0.4) is 0 Å². The predicted octanol–water partition coefficient (Wildman–Crippen LogP) is 4.81. The third-order valence-electron chi connectivity index (χ3n) is 6.02. The molecule has 1 saturated heterocycles. The van der Waals surface area contributed by atoms with E-state index in [-0.39, 0.29) is 0 Å². The molecule has 170 valence electrons. The molecule has 0 saturated carbocycles. The number of hydrogen-bond donors (Lipinski definition) is 1. The van der Waals surface area contributed by atoms with Crippen molar-refractivity contribution in [2.75, 3.05) is 37.5 Å². The fourth-order valence-corrected chi connectivity index (χ4v) is 4.30. The van der Waals surface area contributed by atoms with Crippen LogP contribution >= 0.6 is 0 Å². The Kier molecular flexibility index (Phi) is 5.73. The van der Waals surface area contributed by atoms with Gasteiger partial charge in [0.1, 0.15) is 17.3 Å².